The molecule has 140 valence electrons. The summed E-state index contributed by atoms with van der Waals surface area (Å²) in [6.45, 7) is 5.86. The van der Waals surface area contributed by atoms with Crippen molar-refractivity contribution >= 4 is 21.8 Å². The van der Waals surface area contributed by atoms with Crippen LogP contribution in [0.3, 0.4) is 0 Å². The lowest BCUT2D eigenvalue weighted by Gasteiger charge is -2.31. The van der Waals surface area contributed by atoms with Crippen LogP contribution in [0.4, 0.5) is 4.39 Å². The van der Waals surface area contributed by atoms with E-state index in [-0.39, 0.29) is 41.8 Å². The van der Waals surface area contributed by atoms with Crippen molar-refractivity contribution in [1.29, 1.82) is 0 Å². The normalized spacial score (nSPS) is 12.5. The van der Waals surface area contributed by atoms with Gasteiger partial charge in [-0.05, 0) is 39.5 Å². The van der Waals surface area contributed by atoms with Gasteiger partial charge in [-0.25, -0.2) is 4.39 Å². The molecule has 2 aromatic rings. The number of hydrogen-bond donors (Lipinski definition) is 1. The van der Waals surface area contributed by atoms with Crippen molar-refractivity contribution in [2.24, 2.45) is 5.41 Å². The van der Waals surface area contributed by atoms with Gasteiger partial charge >= 0.3 is 0 Å². The van der Waals surface area contributed by atoms with Crippen LogP contribution in [0.5, 0.6) is 5.75 Å². The van der Waals surface area contributed by atoms with Gasteiger partial charge in [0.25, 0.3) is 5.56 Å². The third-order valence-corrected chi connectivity index (χ3v) is 4.35. The molecule has 26 heavy (non-hydrogen) atoms. The first kappa shape index (κ1) is 20.2. The third-order valence-electron chi connectivity index (χ3n) is 3.88. The van der Waals surface area contributed by atoms with Gasteiger partial charge in [0.2, 0.25) is 5.91 Å². The summed E-state index contributed by atoms with van der Waals surface area (Å²) in [4.78, 5) is 24.2. The average molecular weight is 425 g/mol. The number of halogens is 2. The molecule has 1 atom stereocenters. The van der Waals surface area contributed by atoms with Crippen molar-refractivity contribution in [3.8, 4) is 5.75 Å². The number of pyridine rings is 1. The highest BCUT2D eigenvalue weighted by molar-refractivity contribution is 9.10. The maximum atomic E-state index is 13.7. The van der Waals surface area contributed by atoms with Gasteiger partial charge in [0.1, 0.15) is 13.2 Å². The van der Waals surface area contributed by atoms with Gasteiger partial charge in [0.05, 0.1) is 6.04 Å². The third kappa shape index (κ3) is 5.69. The number of ether oxygens (including phenoxy) is 1. The molecule has 0 bridgehead atoms. The molecule has 0 fully saturated rings. The van der Waals surface area contributed by atoms with Crippen molar-refractivity contribution in [3.05, 3.63) is 63.2 Å². The van der Waals surface area contributed by atoms with Crippen LogP contribution in [0.2, 0.25) is 0 Å². The minimum Gasteiger partial charge on any atom is -0.488 e. The molecule has 2 rings (SSSR count). The fraction of sp³-hybridized carbons (Fsp3) is 0.368. The Morgan fingerprint density at radius 1 is 1.27 bits per heavy atom. The minimum absolute atomic E-state index is 0.107. The molecule has 7 heteroatoms. The van der Waals surface area contributed by atoms with E-state index in [0.717, 1.165) is 0 Å². The molecule has 0 aliphatic heterocycles. The van der Waals surface area contributed by atoms with E-state index in [4.69, 9.17) is 4.74 Å². The maximum absolute atomic E-state index is 13.7. The van der Waals surface area contributed by atoms with Gasteiger partial charge in [-0.2, -0.15) is 0 Å². The van der Waals surface area contributed by atoms with Gasteiger partial charge in [-0.15, -0.1) is 0 Å². The fourth-order valence-electron chi connectivity index (χ4n) is 2.26. The Morgan fingerprint density at radius 3 is 2.62 bits per heavy atom. The second-order valence-electron chi connectivity index (χ2n) is 7.04. The van der Waals surface area contributed by atoms with Crippen LogP contribution in [0.15, 0.2) is 51.9 Å². The number of rotatable bonds is 6. The Balaban J connectivity index is 2.05. The van der Waals surface area contributed by atoms with Crippen LogP contribution in [-0.2, 0) is 11.3 Å². The molecule has 0 aliphatic rings. The van der Waals surface area contributed by atoms with Crippen LogP contribution < -0.4 is 15.6 Å². The number of aromatic nitrogens is 1. The van der Waals surface area contributed by atoms with Gasteiger partial charge in [-0.1, -0.05) is 32.9 Å². The quantitative estimate of drug-likeness (QED) is 0.772. The van der Waals surface area contributed by atoms with Crippen molar-refractivity contribution in [2.45, 2.75) is 33.4 Å². The van der Waals surface area contributed by atoms with E-state index in [0.29, 0.717) is 4.47 Å². The van der Waals surface area contributed by atoms with E-state index in [1.807, 2.05) is 20.8 Å². The lowest BCUT2D eigenvalue weighted by atomic mass is 9.87. The molecule has 0 radical (unpaired) electrons. The summed E-state index contributed by atoms with van der Waals surface area (Å²) < 4.78 is 21.3. The largest absolute Gasteiger partial charge is 0.488 e. The van der Waals surface area contributed by atoms with Gasteiger partial charge < -0.3 is 14.6 Å². The molecule has 0 aliphatic carbocycles. The summed E-state index contributed by atoms with van der Waals surface area (Å²) in [6, 6.07) is 8.77. The predicted octanol–water partition coefficient (Wildman–Crippen LogP) is 3.36. The summed E-state index contributed by atoms with van der Waals surface area (Å²) in [5, 5.41) is 2.88. The fourth-order valence-corrected chi connectivity index (χ4v) is 2.64. The maximum Gasteiger partial charge on any atom is 0.251 e. The number of carbonyl (C=O) groups excluding carboxylic acids is 1. The molecular weight excluding hydrogens is 403 g/mol. The Morgan fingerprint density at radius 2 is 1.96 bits per heavy atom. The summed E-state index contributed by atoms with van der Waals surface area (Å²) in [6.07, 6.45) is 1.56. The molecule has 0 spiro atoms. The van der Waals surface area contributed by atoms with E-state index in [2.05, 4.69) is 21.2 Å². The van der Waals surface area contributed by atoms with Gasteiger partial charge in [0, 0.05) is 16.7 Å². The smallest absolute Gasteiger partial charge is 0.251 e. The van der Waals surface area contributed by atoms with Gasteiger partial charge in [0.15, 0.2) is 11.6 Å². The second kappa shape index (κ2) is 8.49. The lowest BCUT2D eigenvalue weighted by molar-refractivity contribution is -0.123. The van der Waals surface area contributed by atoms with E-state index < -0.39 is 5.82 Å². The molecule has 0 saturated heterocycles. The van der Waals surface area contributed by atoms with Crippen LogP contribution in [-0.4, -0.2) is 23.1 Å². The van der Waals surface area contributed by atoms with Gasteiger partial charge in [-0.3, -0.25) is 9.59 Å². The number of benzene rings is 1. The predicted molar refractivity (Wildman–Crippen MR) is 102 cm³/mol. The second-order valence-corrected chi connectivity index (χ2v) is 7.96. The molecule has 0 saturated carbocycles. The van der Waals surface area contributed by atoms with Crippen LogP contribution in [0.25, 0.3) is 0 Å². The lowest BCUT2D eigenvalue weighted by Crippen LogP contribution is -2.49. The Hall–Kier alpha value is -2.15. The molecule has 1 amide bonds. The first-order chi connectivity index (χ1) is 12.2. The number of amides is 1. The summed E-state index contributed by atoms with van der Waals surface area (Å²) in [5.41, 5.74) is -0.582. The number of para-hydroxylation sites is 1. The topological polar surface area (TPSA) is 60.3 Å². The van der Waals surface area contributed by atoms with Crippen molar-refractivity contribution in [3.63, 3.8) is 0 Å². The highest BCUT2D eigenvalue weighted by Crippen LogP contribution is 2.22. The van der Waals surface area contributed by atoms with Crippen molar-refractivity contribution < 1.29 is 13.9 Å². The Labute approximate surface area is 160 Å². The SMILES string of the molecule is CC(C)(C)C(COc1ccccc1F)NC(=O)Cn1cc(Br)ccc1=O. The van der Waals surface area contributed by atoms with Crippen LogP contribution >= 0.6 is 15.9 Å². The zero-order chi connectivity index (χ0) is 19.3. The minimum atomic E-state index is -0.452. The monoisotopic (exact) mass is 424 g/mol. The molecule has 1 N–H and O–H groups in total. The van der Waals surface area contributed by atoms with E-state index >= 15 is 0 Å². The number of nitrogens with one attached hydrogen (secondary N) is 1. The molecule has 1 unspecified atom stereocenters. The summed E-state index contributed by atoms with van der Waals surface area (Å²) in [5.74, 6) is -0.631. The molecule has 1 heterocycles. The summed E-state index contributed by atoms with van der Waals surface area (Å²) >= 11 is 3.28. The highest BCUT2D eigenvalue weighted by atomic mass is 79.9. The number of nitrogens with zero attached hydrogens (tertiary/aromatic N) is 1. The van der Waals surface area contributed by atoms with Crippen LogP contribution in [0, 0.1) is 11.2 Å². The Kier molecular flexibility index (Phi) is 6.58. The van der Waals surface area contributed by atoms with Crippen LogP contribution in [0.1, 0.15) is 20.8 Å². The first-order valence-corrected chi connectivity index (χ1v) is 8.99. The zero-order valence-corrected chi connectivity index (χ0v) is 16.5. The molecular formula is C19H22BrFN2O3. The standard InChI is InChI=1S/C19H22BrFN2O3/c1-19(2,3)16(12-26-15-7-5-4-6-14(15)21)22-17(24)11-23-10-13(20)8-9-18(23)25/h4-10,16H,11-12H2,1-3H3,(H,22,24). The van der Waals surface area contributed by atoms with E-state index in [1.165, 1.54) is 22.8 Å². The van der Waals surface area contributed by atoms with Crippen molar-refractivity contribution in [1.82, 2.24) is 9.88 Å². The molecule has 1 aromatic carbocycles. The summed E-state index contributed by atoms with van der Waals surface area (Å²) in [7, 11) is 0. The van der Waals surface area contributed by atoms with Crippen molar-refractivity contribution in [2.75, 3.05) is 6.61 Å². The average Bonchev–Trinajstić information content (AvgIpc) is 2.55. The van der Waals surface area contributed by atoms with E-state index in [1.54, 1.807) is 24.4 Å². The molecule has 1 aromatic heterocycles. The number of carbonyl (C=O) groups is 1. The highest BCUT2D eigenvalue weighted by Gasteiger charge is 2.27. The molecule has 5 nitrogen and oxygen atoms in total. The first-order valence-electron chi connectivity index (χ1n) is 8.19. The zero-order valence-electron chi connectivity index (χ0n) is 15.0. The van der Waals surface area contributed by atoms with E-state index in [9.17, 15) is 14.0 Å². The Bertz CT molecular complexity index is 830. The number of hydrogen-bond acceptors (Lipinski definition) is 3.